The van der Waals surface area contributed by atoms with E-state index in [1.54, 1.807) is 4.90 Å². The van der Waals surface area contributed by atoms with Gasteiger partial charge in [-0.2, -0.15) is 5.10 Å². The number of hydrogen-bond donors (Lipinski definition) is 3. The number of carbonyl (C=O) groups is 2. The summed E-state index contributed by atoms with van der Waals surface area (Å²) in [6.07, 6.45) is 0. The molecule has 1 aromatic carbocycles. The number of rotatable bonds is 4. The van der Waals surface area contributed by atoms with Crippen molar-refractivity contribution in [1.82, 2.24) is 15.1 Å². The molecule has 0 fully saturated rings. The second-order valence-corrected chi connectivity index (χ2v) is 16.9. The van der Waals surface area contributed by atoms with Crippen molar-refractivity contribution in [3.63, 3.8) is 0 Å². The first-order valence-corrected chi connectivity index (χ1v) is 14.7. The Morgan fingerprint density at radius 3 is 2.45 bits per heavy atom. The van der Waals surface area contributed by atoms with Crippen LogP contribution in [-0.2, 0) is 16.9 Å². The Kier molecular flexibility index (Phi) is 5.90. The van der Waals surface area contributed by atoms with Crippen LogP contribution < -0.4 is 10.6 Å². The largest absolute Gasteiger partial charge is 0.322 e. The molecule has 9 heteroatoms. The highest BCUT2D eigenvalue weighted by Crippen LogP contribution is 2.43. The highest BCUT2D eigenvalue weighted by molar-refractivity contribution is 9.10. The standard InChI is InChI=1S/C22H32BrN5O2Si/c1-13-10-9-11-15(23)16(13)24-20(30)28-12-14-17(21(28,2)3)26-27-18(14)25-19(29)22(4,5)31(6,7)8/h9-11H,12H2,1-8H3,(H,24,30)(H2,25,26,27,29). The average molecular weight is 507 g/mol. The Hall–Kier alpha value is -2.13. The summed E-state index contributed by atoms with van der Waals surface area (Å²) >= 11 is 3.51. The number of aryl methyl sites for hydroxylation is 1. The van der Waals surface area contributed by atoms with Crippen LogP contribution >= 0.6 is 15.9 Å². The first-order chi connectivity index (χ1) is 14.2. The molecule has 3 N–H and O–H groups in total. The molecule has 0 radical (unpaired) electrons. The van der Waals surface area contributed by atoms with Crippen molar-refractivity contribution in [3.8, 4) is 0 Å². The fraction of sp³-hybridized carbons (Fsp3) is 0.500. The van der Waals surface area contributed by atoms with Gasteiger partial charge in [0.1, 0.15) is 0 Å². The third-order valence-electron chi connectivity index (χ3n) is 6.84. The van der Waals surface area contributed by atoms with E-state index in [4.69, 9.17) is 0 Å². The molecule has 31 heavy (non-hydrogen) atoms. The van der Waals surface area contributed by atoms with E-state index in [9.17, 15) is 9.59 Å². The lowest BCUT2D eigenvalue weighted by Gasteiger charge is -2.35. The zero-order valence-corrected chi connectivity index (χ0v) is 22.1. The summed E-state index contributed by atoms with van der Waals surface area (Å²) < 4.78 is 0.833. The molecule has 168 valence electrons. The molecular weight excluding hydrogens is 474 g/mol. The van der Waals surface area contributed by atoms with Crippen LogP contribution in [0.2, 0.25) is 24.7 Å². The van der Waals surface area contributed by atoms with E-state index in [0.717, 1.165) is 27.0 Å². The maximum absolute atomic E-state index is 13.2. The molecular formula is C22H32BrN5O2Si. The number of aromatic nitrogens is 2. The summed E-state index contributed by atoms with van der Waals surface area (Å²) in [5.41, 5.74) is 2.82. The summed E-state index contributed by atoms with van der Waals surface area (Å²) in [4.78, 5) is 28.0. The number of nitrogens with zero attached hydrogens (tertiary/aromatic N) is 2. The van der Waals surface area contributed by atoms with Gasteiger partial charge in [0.2, 0.25) is 5.91 Å². The van der Waals surface area contributed by atoms with E-state index in [0.29, 0.717) is 12.4 Å². The van der Waals surface area contributed by atoms with Crippen LogP contribution in [0.4, 0.5) is 16.3 Å². The van der Waals surface area contributed by atoms with Crippen LogP contribution in [0.1, 0.15) is 44.5 Å². The number of nitrogens with one attached hydrogen (secondary N) is 3. The number of carbonyl (C=O) groups excluding carboxylic acids is 2. The van der Waals surface area contributed by atoms with E-state index in [1.807, 2.05) is 52.8 Å². The van der Waals surface area contributed by atoms with Gasteiger partial charge in [0.05, 0.1) is 31.5 Å². The minimum atomic E-state index is -1.75. The van der Waals surface area contributed by atoms with Crippen LogP contribution in [0.5, 0.6) is 0 Å². The number of amides is 3. The van der Waals surface area contributed by atoms with Gasteiger partial charge in [-0.25, -0.2) is 4.79 Å². The zero-order valence-electron chi connectivity index (χ0n) is 19.5. The van der Waals surface area contributed by atoms with Gasteiger partial charge < -0.3 is 15.5 Å². The number of fused-ring (bicyclic) bond motifs is 1. The molecule has 0 saturated carbocycles. The second kappa shape index (κ2) is 7.77. The van der Waals surface area contributed by atoms with Crippen LogP contribution in [0.3, 0.4) is 0 Å². The molecule has 0 atom stereocenters. The number of H-pyrrole nitrogens is 1. The molecule has 0 spiro atoms. The van der Waals surface area contributed by atoms with E-state index in [-0.39, 0.29) is 11.9 Å². The number of para-hydroxylation sites is 1. The summed E-state index contributed by atoms with van der Waals surface area (Å²) in [5.74, 6) is 0.470. The molecule has 1 aliphatic rings. The van der Waals surface area contributed by atoms with Crippen molar-refractivity contribution in [2.24, 2.45) is 0 Å². The molecule has 1 aromatic heterocycles. The highest BCUT2D eigenvalue weighted by atomic mass is 79.9. The monoisotopic (exact) mass is 505 g/mol. The van der Waals surface area contributed by atoms with Crippen molar-refractivity contribution in [1.29, 1.82) is 0 Å². The number of urea groups is 1. The van der Waals surface area contributed by atoms with E-state index >= 15 is 0 Å². The summed E-state index contributed by atoms with van der Waals surface area (Å²) in [5, 5.41) is 13.0. The molecule has 0 aliphatic carbocycles. The number of aromatic amines is 1. The molecule has 2 aromatic rings. The predicted molar refractivity (Wildman–Crippen MR) is 131 cm³/mol. The lowest BCUT2D eigenvalue weighted by Crippen LogP contribution is -2.44. The fourth-order valence-electron chi connectivity index (χ4n) is 3.51. The number of halogens is 1. The normalized spacial score (nSPS) is 15.6. The van der Waals surface area contributed by atoms with E-state index < -0.39 is 18.7 Å². The molecule has 7 nitrogen and oxygen atoms in total. The molecule has 0 saturated heterocycles. The summed E-state index contributed by atoms with van der Waals surface area (Å²) in [6, 6.07) is 5.58. The molecule has 0 unspecified atom stereocenters. The molecule has 3 rings (SSSR count). The van der Waals surface area contributed by atoms with Crippen molar-refractivity contribution < 1.29 is 9.59 Å². The van der Waals surface area contributed by atoms with E-state index in [1.165, 1.54) is 0 Å². The second-order valence-electron chi connectivity index (χ2n) is 10.3. The fourth-order valence-corrected chi connectivity index (χ4v) is 4.82. The predicted octanol–water partition coefficient (Wildman–Crippen LogP) is 5.82. The van der Waals surface area contributed by atoms with Gasteiger partial charge in [-0.1, -0.05) is 45.6 Å². The van der Waals surface area contributed by atoms with Crippen molar-refractivity contribution in [3.05, 3.63) is 39.5 Å². The van der Waals surface area contributed by atoms with Gasteiger partial charge in [-0.15, -0.1) is 0 Å². The molecule has 0 bridgehead atoms. The summed E-state index contributed by atoms with van der Waals surface area (Å²) in [7, 11) is -1.75. The first kappa shape index (κ1) is 23.5. The zero-order chi connectivity index (χ0) is 23.4. The molecule has 2 heterocycles. The smallest absolute Gasteiger partial charge is 0.309 e. The van der Waals surface area contributed by atoms with Crippen LogP contribution in [0.15, 0.2) is 22.7 Å². The molecule has 1 aliphatic heterocycles. The summed E-state index contributed by atoms with van der Waals surface area (Å²) in [6.45, 7) is 16.8. The quantitative estimate of drug-likeness (QED) is 0.457. The Bertz CT molecular complexity index is 1020. The van der Waals surface area contributed by atoms with Crippen LogP contribution in [0, 0.1) is 6.92 Å². The number of anilines is 2. The van der Waals surface area contributed by atoms with Gasteiger partial charge in [0, 0.05) is 15.1 Å². The number of benzene rings is 1. The lowest BCUT2D eigenvalue weighted by molar-refractivity contribution is -0.118. The maximum Gasteiger partial charge on any atom is 0.322 e. The Balaban J connectivity index is 1.84. The van der Waals surface area contributed by atoms with Gasteiger partial charge in [-0.05, 0) is 48.3 Å². The van der Waals surface area contributed by atoms with Crippen molar-refractivity contribution >= 4 is 47.4 Å². The third kappa shape index (κ3) is 4.05. The van der Waals surface area contributed by atoms with E-state index in [2.05, 4.69) is 56.4 Å². The van der Waals surface area contributed by atoms with Gasteiger partial charge in [0.15, 0.2) is 5.82 Å². The Labute approximate surface area is 193 Å². The average Bonchev–Trinajstić information content (AvgIpc) is 3.15. The topological polar surface area (TPSA) is 90.1 Å². The highest BCUT2D eigenvalue weighted by Gasteiger charge is 2.46. The number of hydrogen-bond acceptors (Lipinski definition) is 3. The van der Waals surface area contributed by atoms with Gasteiger partial charge >= 0.3 is 6.03 Å². The van der Waals surface area contributed by atoms with Gasteiger partial charge in [-0.3, -0.25) is 9.89 Å². The Morgan fingerprint density at radius 1 is 1.23 bits per heavy atom. The van der Waals surface area contributed by atoms with Crippen LogP contribution in [-0.4, -0.2) is 35.1 Å². The third-order valence-corrected chi connectivity index (χ3v) is 11.5. The Morgan fingerprint density at radius 2 is 1.87 bits per heavy atom. The van der Waals surface area contributed by atoms with Crippen LogP contribution in [0.25, 0.3) is 0 Å². The minimum absolute atomic E-state index is 0.0366. The SMILES string of the molecule is Cc1cccc(Br)c1NC(=O)N1Cc2c(NC(=O)C(C)(C)[Si](C)(C)C)n[nH]c2C1(C)C. The van der Waals surface area contributed by atoms with Crippen molar-refractivity contribution in [2.75, 3.05) is 10.6 Å². The van der Waals surface area contributed by atoms with Gasteiger partial charge in [0.25, 0.3) is 0 Å². The van der Waals surface area contributed by atoms with Crippen molar-refractivity contribution in [2.45, 2.75) is 71.4 Å². The minimum Gasteiger partial charge on any atom is -0.309 e. The molecule has 3 amide bonds. The first-order valence-electron chi connectivity index (χ1n) is 10.4. The lowest BCUT2D eigenvalue weighted by atomic mass is 10.0. The maximum atomic E-state index is 13.2.